The second-order valence-corrected chi connectivity index (χ2v) is 3.24. The van der Waals surface area contributed by atoms with E-state index in [0.29, 0.717) is 6.41 Å². The summed E-state index contributed by atoms with van der Waals surface area (Å²) in [4.78, 5) is 14.8. The average molecular weight is 157 g/mol. The summed E-state index contributed by atoms with van der Waals surface area (Å²) in [7, 11) is 0. The highest BCUT2D eigenvalue weighted by Gasteiger charge is 2.17. The zero-order chi connectivity index (χ0) is 8.91. The molecule has 3 heteroatoms. The maximum absolute atomic E-state index is 9.89. The van der Waals surface area contributed by atoms with Gasteiger partial charge < -0.3 is 4.84 Å². The fourth-order valence-corrected chi connectivity index (χ4v) is 0.733. The van der Waals surface area contributed by atoms with Crippen molar-refractivity contribution in [1.29, 1.82) is 0 Å². The highest BCUT2D eigenvalue weighted by molar-refractivity contribution is 5.44. The number of carbonyl (C=O) groups is 1. The Morgan fingerprint density at radius 1 is 1.45 bits per heavy atom. The lowest BCUT2D eigenvalue weighted by molar-refractivity contribution is -0.118. The van der Waals surface area contributed by atoms with Crippen LogP contribution in [-0.4, -0.2) is 6.41 Å². The predicted octanol–water partition coefficient (Wildman–Crippen LogP) is 1.61. The van der Waals surface area contributed by atoms with Crippen molar-refractivity contribution in [2.24, 2.45) is 5.41 Å². The second-order valence-electron chi connectivity index (χ2n) is 3.24. The molecule has 11 heavy (non-hydrogen) atoms. The number of hydrogen-bond donors (Lipinski definition) is 1. The minimum atomic E-state index is -0.0647. The summed E-state index contributed by atoms with van der Waals surface area (Å²) in [6.45, 7) is 7.89. The van der Waals surface area contributed by atoms with Crippen LogP contribution in [0.1, 0.15) is 27.7 Å². The van der Waals surface area contributed by atoms with Gasteiger partial charge in [0, 0.05) is 5.41 Å². The summed E-state index contributed by atoms with van der Waals surface area (Å²) in [5.74, 6) is 0.754. The Kier molecular flexibility index (Phi) is 3.65. The summed E-state index contributed by atoms with van der Waals surface area (Å²) >= 11 is 0. The maximum atomic E-state index is 9.89. The molecule has 0 aliphatic carbocycles. The first kappa shape index (κ1) is 10.0. The van der Waals surface area contributed by atoms with Gasteiger partial charge in [0.15, 0.2) is 0 Å². The first-order valence-corrected chi connectivity index (χ1v) is 3.55. The molecule has 1 N–H and O–H groups in total. The molecule has 0 aliphatic rings. The van der Waals surface area contributed by atoms with Crippen LogP contribution in [-0.2, 0) is 9.63 Å². The first-order valence-electron chi connectivity index (χ1n) is 3.55. The van der Waals surface area contributed by atoms with Gasteiger partial charge in [0.05, 0.1) is 0 Å². The van der Waals surface area contributed by atoms with Crippen LogP contribution in [0.2, 0.25) is 0 Å². The van der Waals surface area contributed by atoms with E-state index in [1.807, 2.05) is 33.8 Å². The number of rotatable bonds is 3. The molecule has 0 fully saturated rings. The van der Waals surface area contributed by atoms with E-state index in [-0.39, 0.29) is 5.41 Å². The van der Waals surface area contributed by atoms with E-state index in [9.17, 15) is 4.79 Å². The van der Waals surface area contributed by atoms with Gasteiger partial charge in [-0.25, -0.2) is 0 Å². The molecule has 0 rings (SSSR count). The van der Waals surface area contributed by atoms with Gasteiger partial charge in [0.2, 0.25) is 6.41 Å². The fourth-order valence-electron chi connectivity index (χ4n) is 0.733. The van der Waals surface area contributed by atoms with Gasteiger partial charge in [0.25, 0.3) is 0 Å². The predicted molar refractivity (Wildman–Crippen MR) is 43.5 cm³/mol. The largest absolute Gasteiger partial charge is 0.384 e. The summed E-state index contributed by atoms with van der Waals surface area (Å²) < 4.78 is 0. The van der Waals surface area contributed by atoms with Crippen molar-refractivity contribution in [2.45, 2.75) is 27.7 Å². The number of hydroxylamine groups is 1. The van der Waals surface area contributed by atoms with Gasteiger partial charge in [-0.3, -0.25) is 4.79 Å². The minimum absolute atomic E-state index is 0.0647. The van der Waals surface area contributed by atoms with Gasteiger partial charge in [0.1, 0.15) is 5.76 Å². The minimum Gasteiger partial charge on any atom is -0.384 e. The smallest absolute Gasteiger partial charge is 0.239 e. The molecule has 64 valence electrons. The lowest BCUT2D eigenvalue weighted by atomic mass is 9.94. The molecule has 0 bridgehead atoms. The maximum Gasteiger partial charge on any atom is 0.239 e. The Balaban J connectivity index is 4.09. The highest BCUT2D eigenvalue weighted by Crippen LogP contribution is 2.24. The van der Waals surface area contributed by atoms with Gasteiger partial charge in [-0.15, -0.1) is 0 Å². The van der Waals surface area contributed by atoms with E-state index in [0.717, 1.165) is 5.76 Å². The van der Waals surface area contributed by atoms with Crippen LogP contribution in [0.4, 0.5) is 0 Å². The summed E-state index contributed by atoms with van der Waals surface area (Å²) in [5, 5.41) is 0. The number of nitrogens with one attached hydrogen (secondary N) is 1. The van der Waals surface area contributed by atoms with Crippen molar-refractivity contribution in [3.63, 3.8) is 0 Å². The van der Waals surface area contributed by atoms with Crippen LogP contribution in [0.15, 0.2) is 11.8 Å². The molecule has 0 radical (unpaired) electrons. The van der Waals surface area contributed by atoms with Crippen LogP contribution in [0, 0.1) is 5.41 Å². The third-order valence-electron chi connectivity index (χ3n) is 1.22. The van der Waals surface area contributed by atoms with Crippen LogP contribution in [0.5, 0.6) is 0 Å². The van der Waals surface area contributed by atoms with E-state index in [4.69, 9.17) is 4.84 Å². The highest BCUT2D eigenvalue weighted by atomic mass is 16.7. The van der Waals surface area contributed by atoms with E-state index in [1.54, 1.807) is 0 Å². The van der Waals surface area contributed by atoms with E-state index >= 15 is 0 Å². The molecule has 0 aromatic heterocycles. The summed E-state index contributed by atoms with van der Waals surface area (Å²) in [6, 6.07) is 0. The van der Waals surface area contributed by atoms with Gasteiger partial charge >= 0.3 is 0 Å². The third kappa shape index (κ3) is 3.65. The zero-order valence-electron chi connectivity index (χ0n) is 7.47. The molecule has 0 aromatic carbocycles. The van der Waals surface area contributed by atoms with Crippen molar-refractivity contribution in [3.05, 3.63) is 11.8 Å². The van der Waals surface area contributed by atoms with Crippen LogP contribution < -0.4 is 5.48 Å². The molecule has 0 heterocycles. The van der Waals surface area contributed by atoms with Crippen molar-refractivity contribution in [1.82, 2.24) is 5.48 Å². The normalized spacial score (nSPS) is 12.5. The Hall–Kier alpha value is -0.990. The van der Waals surface area contributed by atoms with Crippen molar-refractivity contribution < 1.29 is 9.63 Å². The van der Waals surface area contributed by atoms with Crippen LogP contribution in [0.3, 0.4) is 0 Å². The Morgan fingerprint density at radius 2 is 2.00 bits per heavy atom. The number of amides is 1. The third-order valence-corrected chi connectivity index (χ3v) is 1.22. The molecule has 3 nitrogen and oxygen atoms in total. The second kappa shape index (κ2) is 4.01. The molecule has 0 aliphatic heterocycles. The molecule has 0 unspecified atom stereocenters. The standard InChI is InChI=1S/C8H15NO2/c1-5-7(8(2,3)4)11-9-6-10/h5-6H,1-4H3,(H,9,10)/b7-5-. The molecule has 0 aromatic rings. The lowest BCUT2D eigenvalue weighted by Gasteiger charge is -2.20. The summed E-state index contributed by atoms with van der Waals surface area (Å²) in [5.41, 5.74) is 2.09. The van der Waals surface area contributed by atoms with Crippen molar-refractivity contribution in [3.8, 4) is 0 Å². The number of carbonyl (C=O) groups excluding carboxylic acids is 1. The SMILES string of the molecule is C/C=C(\ONC=O)C(C)(C)C. The summed E-state index contributed by atoms with van der Waals surface area (Å²) in [6.07, 6.45) is 2.34. The van der Waals surface area contributed by atoms with E-state index < -0.39 is 0 Å². The Labute approximate surface area is 67.4 Å². The van der Waals surface area contributed by atoms with Crippen molar-refractivity contribution in [2.75, 3.05) is 0 Å². The Morgan fingerprint density at radius 3 is 2.27 bits per heavy atom. The average Bonchev–Trinajstić information content (AvgIpc) is 1.87. The molecule has 1 amide bonds. The molecule has 0 spiro atoms. The number of allylic oxidation sites excluding steroid dienone is 2. The first-order chi connectivity index (χ1) is 5.02. The Bertz CT molecular complexity index is 156. The topological polar surface area (TPSA) is 38.3 Å². The van der Waals surface area contributed by atoms with Gasteiger partial charge in [-0.05, 0) is 13.0 Å². The van der Waals surface area contributed by atoms with Crippen LogP contribution in [0.25, 0.3) is 0 Å². The van der Waals surface area contributed by atoms with Crippen LogP contribution >= 0.6 is 0 Å². The zero-order valence-corrected chi connectivity index (χ0v) is 7.47. The number of hydrogen-bond acceptors (Lipinski definition) is 2. The molecule has 0 atom stereocenters. The molecular formula is C8H15NO2. The molecule has 0 saturated heterocycles. The van der Waals surface area contributed by atoms with Gasteiger partial charge in [-0.2, -0.15) is 5.48 Å². The lowest BCUT2D eigenvalue weighted by Crippen LogP contribution is -2.19. The molecular weight excluding hydrogens is 142 g/mol. The quantitative estimate of drug-likeness (QED) is 0.384. The van der Waals surface area contributed by atoms with E-state index in [1.165, 1.54) is 0 Å². The fraction of sp³-hybridized carbons (Fsp3) is 0.625. The van der Waals surface area contributed by atoms with E-state index in [2.05, 4.69) is 5.48 Å². The molecule has 0 saturated carbocycles. The van der Waals surface area contributed by atoms with Gasteiger partial charge in [-0.1, -0.05) is 20.8 Å². The van der Waals surface area contributed by atoms with Crippen molar-refractivity contribution >= 4 is 6.41 Å². The monoisotopic (exact) mass is 157 g/mol.